The highest BCUT2D eigenvalue weighted by molar-refractivity contribution is 5.75. The minimum Gasteiger partial charge on any atom is -0.462 e. The van der Waals surface area contributed by atoms with Crippen molar-refractivity contribution in [3.05, 3.63) is 12.2 Å². The standard InChI is InChI=1S/C17H22O5/c1-6-10-19-13-8-9-15(20-11-7-2)22-14(13)12-21-16(18)17(3,4)5/h1-2,8-9,13-15H,10-12H2,3-5H3/t13-,14+,15-/m0/s1. The molecule has 22 heavy (non-hydrogen) atoms. The molecule has 0 bridgehead atoms. The maximum Gasteiger partial charge on any atom is 0.311 e. The van der Waals surface area contributed by atoms with Crippen molar-refractivity contribution in [2.24, 2.45) is 5.41 Å². The molecule has 0 aromatic carbocycles. The molecular weight excluding hydrogens is 284 g/mol. The second-order valence-electron chi connectivity index (χ2n) is 5.77. The topological polar surface area (TPSA) is 54.0 Å². The molecule has 0 aliphatic carbocycles. The summed E-state index contributed by atoms with van der Waals surface area (Å²) >= 11 is 0. The van der Waals surface area contributed by atoms with Crippen LogP contribution in [0.25, 0.3) is 0 Å². The molecule has 0 amide bonds. The monoisotopic (exact) mass is 306 g/mol. The summed E-state index contributed by atoms with van der Waals surface area (Å²) in [6.45, 7) is 5.65. The Morgan fingerprint density at radius 2 is 1.82 bits per heavy atom. The smallest absolute Gasteiger partial charge is 0.311 e. The normalized spacial score (nSPS) is 24.3. The third-order valence-electron chi connectivity index (χ3n) is 2.81. The van der Waals surface area contributed by atoms with Crippen LogP contribution in [0.5, 0.6) is 0 Å². The number of hydrogen-bond acceptors (Lipinski definition) is 5. The van der Waals surface area contributed by atoms with E-state index in [2.05, 4.69) is 11.8 Å². The Kier molecular flexibility index (Phi) is 7.14. The average Bonchev–Trinajstić information content (AvgIpc) is 2.48. The molecule has 0 saturated heterocycles. The van der Waals surface area contributed by atoms with Crippen LogP contribution in [-0.4, -0.2) is 44.3 Å². The highest BCUT2D eigenvalue weighted by Crippen LogP contribution is 2.20. The van der Waals surface area contributed by atoms with Gasteiger partial charge >= 0.3 is 5.97 Å². The molecule has 1 rings (SSSR count). The Morgan fingerprint density at radius 1 is 1.18 bits per heavy atom. The number of terminal acetylenes is 2. The van der Waals surface area contributed by atoms with Gasteiger partial charge in [0.25, 0.3) is 0 Å². The molecule has 0 radical (unpaired) electrons. The summed E-state index contributed by atoms with van der Waals surface area (Å²) in [7, 11) is 0. The first kappa shape index (κ1) is 18.3. The SMILES string of the molecule is C#CCO[C@@H]1C=C[C@H](OCC#C)[C@@H](COC(=O)C(C)(C)C)O1. The molecule has 0 unspecified atom stereocenters. The van der Waals surface area contributed by atoms with Gasteiger partial charge in [0.15, 0.2) is 6.29 Å². The van der Waals surface area contributed by atoms with Crippen molar-refractivity contribution in [3.63, 3.8) is 0 Å². The molecule has 1 aliphatic rings. The Morgan fingerprint density at radius 3 is 2.41 bits per heavy atom. The van der Waals surface area contributed by atoms with Crippen molar-refractivity contribution in [3.8, 4) is 24.7 Å². The molecule has 0 saturated carbocycles. The molecule has 5 nitrogen and oxygen atoms in total. The molecular formula is C17H22O5. The molecule has 120 valence electrons. The number of carbonyl (C=O) groups is 1. The third-order valence-corrected chi connectivity index (χ3v) is 2.81. The molecule has 3 atom stereocenters. The van der Waals surface area contributed by atoms with E-state index in [1.165, 1.54) is 0 Å². The minimum absolute atomic E-state index is 0.0472. The molecule has 0 aromatic heterocycles. The minimum atomic E-state index is -0.597. The first-order valence-corrected chi connectivity index (χ1v) is 6.99. The Hall–Kier alpha value is -1.79. The van der Waals surface area contributed by atoms with E-state index in [0.29, 0.717) is 0 Å². The van der Waals surface area contributed by atoms with E-state index >= 15 is 0 Å². The lowest BCUT2D eigenvalue weighted by atomic mass is 9.97. The summed E-state index contributed by atoms with van der Waals surface area (Å²) in [5.74, 6) is 4.44. The second kappa shape index (κ2) is 8.60. The molecule has 0 fully saturated rings. The lowest BCUT2D eigenvalue weighted by Gasteiger charge is -2.31. The van der Waals surface area contributed by atoms with E-state index in [9.17, 15) is 4.79 Å². The molecule has 1 aliphatic heterocycles. The quantitative estimate of drug-likeness (QED) is 0.423. The van der Waals surface area contributed by atoms with Gasteiger partial charge in [0.05, 0.1) is 5.41 Å². The zero-order valence-electron chi connectivity index (χ0n) is 13.2. The van der Waals surface area contributed by atoms with Crippen molar-refractivity contribution in [2.75, 3.05) is 19.8 Å². The predicted molar refractivity (Wildman–Crippen MR) is 81.6 cm³/mol. The lowest BCUT2D eigenvalue weighted by molar-refractivity contribution is -0.192. The van der Waals surface area contributed by atoms with Crippen molar-refractivity contribution in [1.82, 2.24) is 0 Å². The first-order valence-electron chi connectivity index (χ1n) is 6.99. The van der Waals surface area contributed by atoms with Crippen LogP contribution < -0.4 is 0 Å². The van der Waals surface area contributed by atoms with Gasteiger partial charge in [0.2, 0.25) is 0 Å². The van der Waals surface area contributed by atoms with Crippen molar-refractivity contribution < 1.29 is 23.7 Å². The third kappa shape index (κ3) is 5.91. The second-order valence-corrected chi connectivity index (χ2v) is 5.77. The van der Waals surface area contributed by atoms with Gasteiger partial charge in [-0.2, -0.15) is 0 Å². The summed E-state index contributed by atoms with van der Waals surface area (Å²) < 4.78 is 21.8. The fourth-order valence-electron chi connectivity index (χ4n) is 1.66. The highest BCUT2D eigenvalue weighted by Gasteiger charge is 2.31. The van der Waals surface area contributed by atoms with Crippen molar-refractivity contribution >= 4 is 5.97 Å². The number of esters is 1. The van der Waals surface area contributed by atoms with Gasteiger partial charge in [-0.05, 0) is 26.8 Å². The van der Waals surface area contributed by atoms with E-state index in [1.54, 1.807) is 32.9 Å². The van der Waals surface area contributed by atoms with Crippen molar-refractivity contribution in [2.45, 2.75) is 39.3 Å². The van der Waals surface area contributed by atoms with Gasteiger partial charge in [-0.25, -0.2) is 0 Å². The summed E-state index contributed by atoms with van der Waals surface area (Å²) in [5, 5.41) is 0. The van der Waals surface area contributed by atoms with Gasteiger partial charge in [0.1, 0.15) is 32.0 Å². The van der Waals surface area contributed by atoms with Crippen LogP contribution in [0.2, 0.25) is 0 Å². The number of carbonyl (C=O) groups excluding carboxylic acids is 1. The van der Waals surface area contributed by atoms with Gasteiger partial charge in [-0.1, -0.05) is 17.9 Å². The largest absolute Gasteiger partial charge is 0.462 e. The molecule has 0 aromatic rings. The maximum atomic E-state index is 11.9. The van der Waals surface area contributed by atoms with E-state index < -0.39 is 23.9 Å². The summed E-state index contributed by atoms with van der Waals surface area (Å²) in [6.07, 6.45) is 12.3. The molecule has 5 heteroatoms. The van der Waals surface area contributed by atoms with Crippen LogP contribution in [0.3, 0.4) is 0 Å². The zero-order valence-corrected chi connectivity index (χ0v) is 13.2. The molecule has 1 heterocycles. The van der Waals surface area contributed by atoms with E-state index in [1.807, 2.05) is 0 Å². The Balaban J connectivity index is 2.64. The zero-order chi connectivity index (χ0) is 16.6. The van der Waals surface area contributed by atoms with E-state index in [-0.39, 0.29) is 25.8 Å². The summed E-state index contributed by atoms with van der Waals surface area (Å²) in [4.78, 5) is 11.9. The van der Waals surface area contributed by atoms with Crippen LogP contribution in [0.1, 0.15) is 20.8 Å². The van der Waals surface area contributed by atoms with Gasteiger partial charge in [-0.3, -0.25) is 4.79 Å². The molecule has 0 spiro atoms. The first-order chi connectivity index (χ1) is 10.4. The average molecular weight is 306 g/mol. The van der Waals surface area contributed by atoms with Crippen LogP contribution >= 0.6 is 0 Å². The maximum absolute atomic E-state index is 11.9. The summed E-state index contributed by atoms with van der Waals surface area (Å²) in [5.41, 5.74) is -0.584. The lowest BCUT2D eigenvalue weighted by Crippen LogP contribution is -2.42. The Bertz CT molecular complexity index is 475. The van der Waals surface area contributed by atoms with Crippen molar-refractivity contribution in [1.29, 1.82) is 0 Å². The number of rotatable bonds is 6. The predicted octanol–water partition coefficient (Wildman–Crippen LogP) is 1.52. The van der Waals surface area contributed by atoms with E-state index in [4.69, 9.17) is 31.8 Å². The summed E-state index contributed by atoms with van der Waals surface area (Å²) in [6, 6.07) is 0. The number of hydrogen-bond donors (Lipinski definition) is 0. The van der Waals surface area contributed by atoms with Gasteiger partial charge < -0.3 is 18.9 Å². The highest BCUT2D eigenvalue weighted by atomic mass is 16.7. The van der Waals surface area contributed by atoms with Crippen LogP contribution in [0.4, 0.5) is 0 Å². The fourth-order valence-corrected chi connectivity index (χ4v) is 1.66. The van der Waals surface area contributed by atoms with Crippen LogP contribution in [0.15, 0.2) is 12.2 Å². The van der Waals surface area contributed by atoms with Crippen LogP contribution in [0, 0.1) is 30.1 Å². The van der Waals surface area contributed by atoms with Gasteiger partial charge in [0, 0.05) is 0 Å². The molecule has 0 N–H and O–H groups in total. The Labute approximate surface area is 131 Å². The number of ether oxygens (including phenoxy) is 4. The van der Waals surface area contributed by atoms with Crippen LogP contribution in [-0.2, 0) is 23.7 Å². The van der Waals surface area contributed by atoms with Gasteiger partial charge in [-0.15, -0.1) is 12.8 Å². The van der Waals surface area contributed by atoms with E-state index in [0.717, 1.165) is 0 Å². The fraction of sp³-hybridized carbons (Fsp3) is 0.588.